The van der Waals surface area contributed by atoms with Crippen molar-refractivity contribution >= 4 is 0 Å². The first-order valence-electron chi connectivity index (χ1n) is 7.48. The number of aromatic nitrogens is 2. The predicted octanol–water partition coefficient (Wildman–Crippen LogP) is 2.07. The Hall–Kier alpha value is -0.940. The lowest BCUT2D eigenvalue weighted by molar-refractivity contribution is 0.0267. The molecule has 2 unspecified atom stereocenters. The van der Waals surface area contributed by atoms with Crippen molar-refractivity contribution in [3.05, 3.63) is 11.8 Å². The van der Waals surface area contributed by atoms with Crippen LogP contribution in [0.1, 0.15) is 63.1 Å². The van der Waals surface area contributed by atoms with E-state index in [0.29, 0.717) is 18.4 Å². The van der Waals surface area contributed by atoms with Gasteiger partial charge >= 0.3 is 0 Å². The van der Waals surface area contributed by atoms with Crippen LogP contribution >= 0.6 is 0 Å². The molecule has 0 aromatic carbocycles. The fourth-order valence-electron chi connectivity index (χ4n) is 3.08. The van der Waals surface area contributed by atoms with E-state index in [9.17, 15) is 5.11 Å². The van der Waals surface area contributed by atoms with E-state index >= 15 is 0 Å². The molecule has 0 amide bonds. The molecule has 2 aliphatic rings. The summed E-state index contributed by atoms with van der Waals surface area (Å²) in [7, 11) is 0. The summed E-state index contributed by atoms with van der Waals surface area (Å²) in [6.07, 6.45) is 6.79. The Morgan fingerprint density at radius 2 is 2.11 bits per heavy atom. The summed E-state index contributed by atoms with van der Waals surface area (Å²) in [6.45, 7) is 3.56. The summed E-state index contributed by atoms with van der Waals surface area (Å²) in [6, 6.07) is 0.229. The summed E-state index contributed by atoms with van der Waals surface area (Å²) < 4.78 is 5.77. The first kappa shape index (κ1) is 13.1. The topological polar surface area (TPSA) is 62.4 Å². The molecule has 5 heteroatoms. The van der Waals surface area contributed by atoms with Crippen molar-refractivity contribution in [3.8, 4) is 0 Å². The second-order valence-electron chi connectivity index (χ2n) is 5.94. The van der Waals surface area contributed by atoms with Gasteiger partial charge in [-0.2, -0.15) is 0 Å². The van der Waals surface area contributed by atoms with Gasteiger partial charge in [-0.3, -0.25) is 4.90 Å². The quantitative estimate of drug-likeness (QED) is 0.903. The lowest BCUT2D eigenvalue weighted by Gasteiger charge is -2.36. The molecular weight excluding hydrogens is 242 g/mol. The second kappa shape index (κ2) is 5.59. The highest BCUT2D eigenvalue weighted by Gasteiger charge is 2.29. The van der Waals surface area contributed by atoms with Crippen LogP contribution in [0.3, 0.4) is 0 Å². The highest BCUT2D eigenvalue weighted by molar-refractivity contribution is 4.96. The third-order valence-corrected chi connectivity index (χ3v) is 4.50. The molecule has 3 rings (SSSR count). The van der Waals surface area contributed by atoms with Gasteiger partial charge in [-0.1, -0.05) is 12.8 Å². The van der Waals surface area contributed by atoms with Crippen LogP contribution in [0.4, 0.5) is 0 Å². The third-order valence-electron chi connectivity index (χ3n) is 4.50. The fraction of sp³-hybridized carbons (Fsp3) is 0.857. The number of aliphatic hydroxyl groups excluding tert-OH is 1. The van der Waals surface area contributed by atoms with E-state index in [0.717, 1.165) is 18.9 Å². The standard InChI is InChI=1S/C14H23N3O2/c1-10(18)12-7-2-3-8-17(12)9-13-15-16-14(19-13)11-5-4-6-11/h10-12,18H,2-9H2,1H3. The Balaban J connectivity index is 1.64. The molecule has 1 N–H and O–H groups in total. The number of likely N-dealkylation sites (tertiary alicyclic amines) is 1. The number of rotatable bonds is 4. The zero-order valence-electron chi connectivity index (χ0n) is 11.6. The summed E-state index contributed by atoms with van der Waals surface area (Å²) in [5.74, 6) is 2.01. The number of nitrogens with zero attached hydrogens (tertiary/aromatic N) is 3. The van der Waals surface area contributed by atoms with E-state index in [1.165, 1.54) is 32.1 Å². The summed E-state index contributed by atoms with van der Waals surface area (Å²) in [5.41, 5.74) is 0. The van der Waals surface area contributed by atoms with Crippen molar-refractivity contribution < 1.29 is 9.52 Å². The average Bonchev–Trinajstić information content (AvgIpc) is 2.75. The molecule has 2 atom stereocenters. The van der Waals surface area contributed by atoms with Crippen LogP contribution in [0.15, 0.2) is 4.42 Å². The lowest BCUT2D eigenvalue weighted by atomic mass is 9.85. The van der Waals surface area contributed by atoms with Gasteiger partial charge in [0.05, 0.1) is 12.6 Å². The minimum Gasteiger partial charge on any atom is -0.424 e. The second-order valence-corrected chi connectivity index (χ2v) is 5.94. The Morgan fingerprint density at radius 3 is 2.79 bits per heavy atom. The molecule has 1 aromatic rings. The molecule has 1 saturated heterocycles. The van der Waals surface area contributed by atoms with Crippen molar-refractivity contribution in [2.45, 2.75) is 70.1 Å². The molecule has 2 fully saturated rings. The maximum absolute atomic E-state index is 9.86. The van der Waals surface area contributed by atoms with Crippen molar-refractivity contribution in [3.63, 3.8) is 0 Å². The van der Waals surface area contributed by atoms with Gasteiger partial charge in [0.2, 0.25) is 11.8 Å². The van der Waals surface area contributed by atoms with Gasteiger partial charge < -0.3 is 9.52 Å². The molecule has 19 heavy (non-hydrogen) atoms. The van der Waals surface area contributed by atoms with E-state index < -0.39 is 0 Å². The van der Waals surface area contributed by atoms with Crippen LogP contribution < -0.4 is 0 Å². The SMILES string of the molecule is CC(O)C1CCCCN1Cc1nnc(C2CCC2)o1. The van der Waals surface area contributed by atoms with Crippen LogP contribution in [0.25, 0.3) is 0 Å². The molecule has 5 nitrogen and oxygen atoms in total. The summed E-state index contributed by atoms with van der Waals surface area (Å²) >= 11 is 0. The third kappa shape index (κ3) is 2.82. The van der Waals surface area contributed by atoms with Gasteiger partial charge in [0.1, 0.15) is 0 Å². The van der Waals surface area contributed by atoms with Crippen LogP contribution in [0.2, 0.25) is 0 Å². The van der Waals surface area contributed by atoms with Crippen LogP contribution in [0, 0.1) is 0 Å². The fourth-order valence-corrected chi connectivity index (χ4v) is 3.08. The van der Waals surface area contributed by atoms with E-state index in [1.54, 1.807) is 0 Å². The minimum atomic E-state index is -0.297. The molecule has 0 bridgehead atoms. The van der Waals surface area contributed by atoms with Crippen molar-refractivity contribution in [1.29, 1.82) is 0 Å². The largest absolute Gasteiger partial charge is 0.424 e. The smallest absolute Gasteiger partial charge is 0.230 e. The Morgan fingerprint density at radius 1 is 1.26 bits per heavy atom. The van der Waals surface area contributed by atoms with Gasteiger partial charge in [-0.15, -0.1) is 10.2 Å². The molecule has 106 valence electrons. The van der Waals surface area contributed by atoms with Crippen LogP contribution in [-0.4, -0.2) is 38.9 Å². The van der Waals surface area contributed by atoms with Crippen molar-refractivity contribution in [2.75, 3.05) is 6.54 Å². The molecule has 0 radical (unpaired) electrons. The van der Waals surface area contributed by atoms with Gasteiger partial charge in [-0.05, 0) is 39.2 Å². The van der Waals surface area contributed by atoms with Crippen LogP contribution in [0.5, 0.6) is 0 Å². The predicted molar refractivity (Wildman–Crippen MR) is 70.6 cm³/mol. The first-order valence-corrected chi connectivity index (χ1v) is 7.48. The minimum absolute atomic E-state index is 0.229. The number of aliphatic hydroxyl groups is 1. The number of piperidine rings is 1. The number of hydrogen-bond acceptors (Lipinski definition) is 5. The lowest BCUT2D eigenvalue weighted by Crippen LogP contribution is -2.45. The summed E-state index contributed by atoms with van der Waals surface area (Å²) in [4.78, 5) is 2.28. The molecule has 1 aromatic heterocycles. The molecular formula is C14H23N3O2. The van der Waals surface area contributed by atoms with E-state index in [4.69, 9.17) is 4.42 Å². The van der Waals surface area contributed by atoms with E-state index in [1.807, 2.05) is 6.92 Å². The normalized spacial score (nSPS) is 27.2. The Kier molecular flexibility index (Phi) is 3.84. The van der Waals surface area contributed by atoms with Crippen molar-refractivity contribution in [1.82, 2.24) is 15.1 Å². The van der Waals surface area contributed by atoms with Gasteiger partial charge in [0.25, 0.3) is 0 Å². The zero-order valence-corrected chi connectivity index (χ0v) is 11.6. The van der Waals surface area contributed by atoms with Gasteiger partial charge in [0, 0.05) is 12.0 Å². The monoisotopic (exact) mass is 265 g/mol. The molecule has 1 aliphatic heterocycles. The highest BCUT2D eigenvalue weighted by Crippen LogP contribution is 2.35. The van der Waals surface area contributed by atoms with E-state index in [2.05, 4.69) is 15.1 Å². The highest BCUT2D eigenvalue weighted by atomic mass is 16.4. The van der Waals surface area contributed by atoms with Gasteiger partial charge in [-0.25, -0.2) is 0 Å². The van der Waals surface area contributed by atoms with Gasteiger partial charge in [0.15, 0.2) is 0 Å². The Labute approximate surface area is 114 Å². The maximum atomic E-state index is 9.86. The maximum Gasteiger partial charge on any atom is 0.230 e. The zero-order chi connectivity index (χ0) is 13.2. The molecule has 1 saturated carbocycles. The number of hydrogen-bond donors (Lipinski definition) is 1. The molecule has 0 spiro atoms. The first-order chi connectivity index (χ1) is 9.24. The molecule has 1 aliphatic carbocycles. The van der Waals surface area contributed by atoms with Crippen molar-refractivity contribution in [2.24, 2.45) is 0 Å². The average molecular weight is 265 g/mol. The van der Waals surface area contributed by atoms with E-state index in [-0.39, 0.29) is 12.1 Å². The van der Waals surface area contributed by atoms with Crippen LogP contribution in [-0.2, 0) is 6.54 Å². The Bertz CT molecular complexity index is 415. The summed E-state index contributed by atoms with van der Waals surface area (Å²) in [5, 5.41) is 18.2. The molecule has 2 heterocycles.